The van der Waals surface area contributed by atoms with Gasteiger partial charge in [0.1, 0.15) is 0 Å². The molecule has 0 aromatic carbocycles. The SMILES string of the molecule is COCCNCC(CNCCOC)OC. The Bertz CT molecular complexity index is 113. The molecule has 0 aliphatic rings. The summed E-state index contributed by atoms with van der Waals surface area (Å²) < 4.78 is 15.2. The van der Waals surface area contributed by atoms with Crippen molar-refractivity contribution in [2.24, 2.45) is 0 Å². The summed E-state index contributed by atoms with van der Waals surface area (Å²) in [7, 11) is 5.12. The van der Waals surface area contributed by atoms with E-state index in [0.29, 0.717) is 0 Å². The van der Waals surface area contributed by atoms with E-state index < -0.39 is 0 Å². The van der Waals surface area contributed by atoms with E-state index in [1.54, 1.807) is 21.3 Å². The molecule has 5 nitrogen and oxygen atoms in total. The molecule has 0 saturated heterocycles. The number of ether oxygens (including phenoxy) is 3. The summed E-state index contributed by atoms with van der Waals surface area (Å²) in [5.41, 5.74) is 0. The maximum atomic E-state index is 5.30. The van der Waals surface area contributed by atoms with Crippen LogP contribution in [0.3, 0.4) is 0 Å². The molecule has 2 N–H and O–H groups in total. The highest BCUT2D eigenvalue weighted by molar-refractivity contribution is 4.64. The van der Waals surface area contributed by atoms with Crippen LogP contribution in [0.15, 0.2) is 0 Å². The first-order chi connectivity index (χ1) is 7.35. The first kappa shape index (κ1) is 14.8. The number of rotatable bonds is 11. The Kier molecular flexibility index (Phi) is 11.7. The van der Waals surface area contributed by atoms with Gasteiger partial charge in [0.15, 0.2) is 0 Å². The molecule has 0 radical (unpaired) electrons. The molecule has 0 saturated carbocycles. The average Bonchev–Trinajstić information content (AvgIpc) is 2.27. The van der Waals surface area contributed by atoms with E-state index in [1.807, 2.05) is 0 Å². The highest BCUT2D eigenvalue weighted by Gasteiger charge is 2.05. The molecule has 0 aromatic rings. The Hall–Kier alpha value is -0.200. The van der Waals surface area contributed by atoms with Gasteiger partial charge < -0.3 is 24.8 Å². The zero-order chi connectivity index (χ0) is 11.4. The number of hydrogen-bond donors (Lipinski definition) is 2. The summed E-state index contributed by atoms with van der Waals surface area (Å²) in [5, 5.41) is 6.51. The Balaban J connectivity index is 3.29. The van der Waals surface area contributed by atoms with Crippen LogP contribution >= 0.6 is 0 Å². The molecule has 0 aliphatic carbocycles. The van der Waals surface area contributed by atoms with E-state index in [-0.39, 0.29) is 6.10 Å². The third kappa shape index (κ3) is 10.1. The smallest absolute Gasteiger partial charge is 0.0819 e. The maximum absolute atomic E-state index is 5.30. The van der Waals surface area contributed by atoms with E-state index in [9.17, 15) is 0 Å². The molecule has 0 rings (SSSR count). The minimum absolute atomic E-state index is 0.193. The molecule has 0 heterocycles. The highest BCUT2D eigenvalue weighted by atomic mass is 16.5. The zero-order valence-corrected chi connectivity index (χ0v) is 10.0. The summed E-state index contributed by atoms with van der Waals surface area (Å²) in [6.45, 7) is 4.84. The fraction of sp³-hybridized carbons (Fsp3) is 1.00. The van der Waals surface area contributed by atoms with Gasteiger partial charge in [-0.15, -0.1) is 0 Å². The molecular formula is C10H24N2O3. The predicted octanol–water partition coefficient (Wildman–Crippen LogP) is -0.527. The van der Waals surface area contributed by atoms with Crippen LogP contribution in [0.4, 0.5) is 0 Å². The van der Waals surface area contributed by atoms with Gasteiger partial charge in [0, 0.05) is 47.5 Å². The van der Waals surface area contributed by atoms with E-state index in [4.69, 9.17) is 14.2 Å². The third-order valence-electron chi connectivity index (χ3n) is 2.04. The molecule has 0 spiro atoms. The lowest BCUT2D eigenvalue weighted by molar-refractivity contribution is 0.0956. The minimum Gasteiger partial charge on any atom is -0.383 e. The molecule has 5 heteroatoms. The minimum atomic E-state index is 0.193. The van der Waals surface area contributed by atoms with Crippen molar-refractivity contribution >= 4 is 0 Å². The van der Waals surface area contributed by atoms with Crippen molar-refractivity contribution < 1.29 is 14.2 Å². The molecule has 0 aliphatic heterocycles. The molecule has 0 aromatic heterocycles. The predicted molar refractivity (Wildman–Crippen MR) is 60.3 cm³/mol. The largest absolute Gasteiger partial charge is 0.383 e. The fourth-order valence-corrected chi connectivity index (χ4v) is 1.11. The second-order valence-corrected chi connectivity index (χ2v) is 3.25. The summed E-state index contributed by atoms with van der Waals surface area (Å²) in [6.07, 6.45) is 0.193. The van der Waals surface area contributed by atoms with Gasteiger partial charge in [0.25, 0.3) is 0 Å². The Labute approximate surface area is 92.5 Å². The van der Waals surface area contributed by atoms with Gasteiger partial charge in [-0.05, 0) is 0 Å². The van der Waals surface area contributed by atoms with Crippen molar-refractivity contribution in [3.8, 4) is 0 Å². The standard InChI is InChI=1S/C10H24N2O3/c1-13-6-4-11-8-10(15-3)9-12-5-7-14-2/h10-12H,4-9H2,1-3H3. The zero-order valence-electron chi connectivity index (χ0n) is 10.0. The van der Waals surface area contributed by atoms with Crippen molar-refractivity contribution in [3.05, 3.63) is 0 Å². The lowest BCUT2D eigenvalue weighted by Crippen LogP contribution is -2.38. The van der Waals surface area contributed by atoms with E-state index in [0.717, 1.165) is 39.4 Å². The monoisotopic (exact) mass is 220 g/mol. The van der Waals surface area contributed by atoms with Gasteiger partial charge in [0.05, 0.1) is 19.3 Å². The topological polar surface area (TPSA) is 51.8 Å². The molecule has 92 valence electrons. The summed E-state index contributed by atoms with van der Waals surface area (Å²) in [6, 6.07) is 0. The Morgan fingerprint density at radius 2 is 1.33 bits per heavy atom. The van der Waals surface area contributed by atoms with Crippen LogP contribution in [0.2, 0.25) is 0 Å². The molecule has 0 amide bonds. The van der Waals surface area contributed by atoms with Crippen molar-refractivity contribution in [3.63, 3.8) is 0 Å². The molecule has 0 bridgehead atoms. The van der Waals surface area contributed by atoms with Crippen LogP contribution in [0, 0.1) is 0 Å². The van der Waals surface area contributed by atoms with Crippen LogP contribution in [-0.2, 0) is 14.2 Å². The first-order valence-electron chi connectivity index (χ1n) is 5.27. The molecule has 0 atom stereocenters. The summed E-state index contributed by atoms with van der Waals surface area (Å²) in [4.78, 5) is 0. The van der Waals surface area contributed by atoms with Crippen LogP contribution in [0.1, 0.15) is 0 Å². The van der Waals surface area contributed by atoms with Crippen LogP contribution in [0.25, 0.3) is 0 Å². The Morgan fingerprint density at radius 3 is 1.67 bits per heavy atom. The number of hydrogen-bond acceptors (Lipinski definition) is 5. The van der Waals surface area contributed by atoms with Crippen LogP contribution < -0.4 is 10.6 Å². The molecule has 0 fully saturated rings. The quantitative estimate of drug-likeness (QED) is 0.459. The van der Waals surface area contributed by atoms with Crippen molar-refractivity contribution in [1.82, 2.24) is 10.6 Å². The third-order valence-corrected chi connectivity index (χ3v) is 2.04. The van der Waals surface area contributed by atoms with Crippen molar-refractivity contribution in [2.75, 3.05) is 60.7 Å². The molecule has 15 heavy (non-hydrogen) atoms. The average molecular weight is 220 g/mol. The second kappa shape index (κ2) is 11.9. The summed E-state index contributed by atoms with van der Waals surface area (Å²) in [5.74, 6) is 0. The van der Waals surface area contributed by atoms with Gasteiger partial charge in [0.2, 0.25) is 0 Å². The van der Waals surface area contributed by atoms with Gasteiger partial charge in [-0.25, -0.2) is 0 Å². The van der Waals surface area contributed by atoms with Crippen LogP contribution in [-0.4, -0.2) is 66.8 Å². The van der Waals surface area contributed by atoms with Gasteiger partial charge in [-0.3, -0.25) is 0 Å². The second-order valence-electron chi connectivity index (χ2n) is 3.25. The maximum Gasteiger partial charge on any atom is 0.0819 e. The van der Waals surface area contributed by atoms with E-state index in [1.165, 1.54) is 0 Å². The van der Waals surface area contributed by atoms with Crippen molar-refractivity contribution in [1.29, 1.82) is 0 Å². The van der Waals surface area contributed by atoms with Crippen LogP contribution in [0.5, 0.6) is 0 Å². The first-order valence-corrected chi connectivity index (χ1v) is 5.27. The fourth-order valence-electron chi connectivity index (χ4n) is 1.11. The highest BCUT2D eigenvalue weighted by Crippen LogP contribution is 1.85. The van der Waals surface area contributed by atoms with Gasteiger partial charge in [-0.2, -0.15) is 0 Å². The van der Waals surface area contributed by atoms with Gasteiger partial charge in [-0.1, -0.05) is 0 Å². The van der Waals surface area contributed by atoms with E-state index >= 15 is 0 Å². The lowest BCUT2D eigenvalue weighted by atomic mass is 10.3. The lowest BCUT2D eigenvalue weighted by Gasteiger charge is -2.16. The summed E-state index contributed by atoms with van der Waals surface area (Å²) >= 11 is 0. The normalized spacial score (nSPS) is 11.2. The van der Waals surface area contributed by atoms with Gasteiger partial charge >= 0.3 is 0 Å². The Morgan fingerprint density at radius 1 is 0.867 bits per heavy atom. The molecular weight excluding hydrogens is 196 g/mol. The van der Waals surface area contributed by atoms with Crippen molar-refractivity contribution in [2.45, 2.75) is 6.10 Å². The molecule has 0 unspecified atom stereocenters. The van der Waals surface area contributed by atoms with E-state index in [2.05, 4.69) is 10.6 Å². The number of nitrogens with one attached hydrogen (secondary N) is 2. The number of methoxy groups -OCH3 is 3.